The standard InChI is InChI=1S/C12H12N6S/c13-12(19)18(9-11-4-1-2-6-14-11)16-8-10-5-3-7-15-17-10/h1-8H,9H2,(H2,13,19)/b16-8+. The van der Waals surface area contributed by atoms with Gasteiger partial charge in [0.05, 0.1) is 18.5 Å². The third-order valence-electron chi connectivity index (χ3n) is 2.21. The molecule has 0 saturated heterocycles. The van der Waals surface area contributed by atoms with Gasteiger partial charge in [-0.05, 0) is 36.5 Å². The molecule has 0 bridgehead atoms. The second kappa shape index (κ2) is 6.50. The van der Waals surface area contributed by atoms with E-state index in [1.54, 1.807) is 30.7 Å². The van der Waals surface area contributed by atoms with Gasteiger partial charge in [-0.2, -0.15) is 10.2 Å². The van der Waals surface area contributed by atoms with Gasteiger partial charge < -0.3 is 5.73 Å². The molecule has 0 aliphatic rings. The minimum absolute atomic E-state index is 0.172. The lowest BCUT2D eigenvalue weighted by Gasteiger charge is -2.15. The van der Waals surface area contributed by atoms with Crippen LogP contribution in [0.5, 0.6) is 0 Å². The Hall–Kier alpha value is -2.41. The van der Waals surface area contributed by atoms with Crippen LogP contribution in [0.15, 0.2) is 47.8 Å². The maximum Gasteiger partial charge on any atom is 0.187 e. The van der Waals surface area contributed by atoms with Crippen molar-refractivity contribution in [2.24, 2.45) is 10.8 Å². The predicted molar refractivity (Wildman–Crippen MR) is 76.2 cm³/mol. The fourth-order valence-electron chi connectivity index (χ4n) is 1.33. The van der Waals surface area contributed by atoms with E-state index >= 15 is 0 Å². The van der Waals surface area contributed by atoms with Crippen molar-refractivity contribution in [2.75, 3.05) is 0 Å². The third kappa shape index (κ3) is 4.07. The molecule has 96 valence electrons. The van der Waals surface area contributed by atoms with Crippen molar-refractivity contribution >= 4 is 23.5 Å². The molecule has 19 heavy (non-hydrogen) atoms. The summed E-state index contributed by atoms with van der Waals surface area (Å²) in [5.41, 5.74) is 7.08. The highest BCUT2D eigenvalue weighted by atomic mass is 32.1. The summed E-state index contributed by atoms with van der Waals surface area (Å²) >= 11 is 4.96. The minimum atomic E-state index is 0.172. The molecule has 7 heteroatoms. The van der Waals surface area contributed by atoms with Gasteiger partial charge in [0.25, 0.3) is 0 Å². The van der Waals surface area contributed by atoms with Crippen molar-refractivity contribution in [1.82, 2.24) is 20.2 Å². The maximum atomic E-state index is 5.63. The fourth-order valence-corrected chi connectivity index (χ4v) is 1.44. The molecule has 2 rings (SSSR count). The Bertz CT molecular complexity index is 557. The first-order chi connectivity index (χ1) is 9.25. The molecule has 0 unspecified atom stereocenters. The number of thiocarbonyl (C=S) groups is 1. The Kier molecular flexibility index (Phi) is 4.46. The molecule has 0 saturated carbocycles. The smallest absolute Gasteiger partial charge is 0.187 e. The number of nitrogens with two attached hydrogens (primary N) is 1. The molecule has 2 aromatic heterocycles. The summed E-state index contributed by atoms with van der Waals surface area (Å²) in [6, 6.07) is 9.18. The van der Waals surface area contributed by atoms with Crippen molar-refractivity contribution in [3.8, 4) is 0 Å². The predicted octanol–water partition coefficient (Wildman–Crippen LogP) is 0.951. The summed E-state index contributed by atoms with van der Waals surface area (Å²) in [5, 5.41) is 13.5. The van der Waals surface area contributed by atoms with E-state index in [0.717, 1.165) is 5.69 Å². The number of pyridine rings is 1. The second-order valence-electron chi connectivity index (χ2n) is 3.61. The van der Waals surface area contributed by atoms with E-state index in [4.69, 9.17) is 18.0 Å². The molecule has 0 amide bonds. The van der Waals surface area contributed by atoms with Crippen molar-refractivity contribution in [3.63, 3.8) is 0 Å². The van der Waals surface area contributed by atoms with Crippen molar-refractivity contribution < 1.29 is 0 Å². The largest absolute Gasteiger partial charge is 0.375 e. The average molecular weight is 272 g/mol. The van der Waals surface area contributed by atoms with Crippen LogP contribution in [-0.4, -0.2) is 31.5 Å². The zero-order valence-corrected chi connectivity index (χ0v) is 10.9. The van der Waals surface area contributed by atoms with Gasteiger partial charge in [0, 0.05) is 12.4 Å². The summed E-state index contributed by atoms with van der Waals surface area (Å²) in [6.45, 7) is 0.410. The first-order valence-corrected chi connectivity index (χ1v) is 5.95. The first kappa shape index (κ1) is 13.0. The molecular weight excluding hydrogens is 260 g/mol. The van der Waals surface area contributed by atoms with Crippen molar-refractivity contribution in [3.05, 3.63) is 54.1 Å². The van der Waals surface area contributed by atoms with Gasteiger partial charge in [0.15, 0.2) is 5.11 Å². The van der Waals surface area contributed by atoms with E-state index in [0.29, 0.717) is 12.2 Å². The molecular formula is C12H12N6S. The van der Waals surface area contributed by atoms with Crippen molar-refractivity contribution in [2.45, 2.75) is 6.54 Å². The summed E-state index contributed by atoms with van der Waals surface area (Å²) < 4.78 is 0. The number of rotatable bonds is 4. The summed E-state index contributed by atoms with van der Waals surface area (Å²) in [6.07, 6.45) is 4.85. The van der Waals surface area contributed by atoms with Gasteiger partial charge in [-0.15, -0.1) is 5.10 Å². The Balaban J connectivity index is 2.09. The van der Waals surface area contributed by atoms with E-state index in [2.05, 4.69) is 20.3 Å². The lowest BCUT2D eigenvalue weighted by Crippen LogP contribution is -2.31. The van der Waals surface area contributed by atoms with Crippen LogP contribution in [0.1, 0.15) is 11.4 Å². The molecule has 2 heterocycles. The third-order valence-corrected chi connectivity index (χ3v) is 2.43. The van der Waals surface area contributed by atoms with Gasteiger partial charge >= 0.3 is 0 Å². The highest BCUT2D eigenvalue weighted by Crippen LogP contribution is 2.01. The molecule has 0 aromatic carbocycles. The summed E-state index contributed by atoms with van der Waals surface area (Å²) in [5.74, 6) is 0. The van der Waals surface area contributed by atoms with Gasteiger partial charge in [0.1, 0.15) is 5.69 Å². The molecule has 6 nitrogen and oxygen atoms in total. The van der Waals surface area contributed by atoms with E-state index in [1.807, 2.05) is 18.2 Å². The Morgan fingerprint density at radius 2 is 2.21 bits per heavy atom. The Morgan fingerprint density at radius 3 is 2.84 bits per heavy atom. The SMILES string of the molecule is NC(=S)N(Cc1ccccn1)/N=C/c1cccnn1. The van der Waals surface area contributed by atoms with E-state index in [-0.39, 0.29) is 5.11 Å². The molecule has 0 aliphatic heterocycles. The monoisotopic (exact) mass is 272 g/mol. The normalized spacial score (nSPS) is 10.5. The number of aromatic nitrogens is 3. The number of hydrazone groups is 1. The van der Waals surface area contributed by atoms with Crippen LogP contribution in [-0.2, 0) is 6.54 Å². The summed E-state index contributed by atoms with van der Waals surface area (Å²) in [7, 11) is 0. The number of nitrogens with zero attached hydrogens (tertiary/aromatic N) is 5. The average Bonchev–Trinajstić information content (AvgIpc) is 2.45. The topological polar surface area (TPSA) is 80.3 Å². The van der Waals surface area contributed by atoms with Crippen LogP contribution in [0.25, 0.3) is 0 Å². The van der Waals surface area contributed by atoms with E-state index in [9.17, 15) is 0 Å². The molecule has 2 aromatic rings. The Morgan fingerprint density at radius 1 is 1.32 bits per heavy atom. The van der Waals surface area contributed by atoms with Gasteiger partial charge in [-0.1, -0.05) is 6.07 Å². The minimum Gasteiger partial charge on any atom is -0.375 e. The molecule has 0 spiro atoms. The number of hydrogen-bond donors (Lipinski definition) is 1. The van der Waals surface area contributed by atoms with Crippen LogP contribution in [0.2, 0.25) is 0 Å². The zero-order chi connectivity index (χ0) is 13.5. The highest BCUT2D eigenvalue weighted by Gasteiger charge is 2.05. The lowest BCUT2D eigenvalue weighted by atomic mass is 10.3. The van der Waals surface area contributed by atoms with Crippen LogP contribution < -0.4 is 5.73 Å². The first-order valence-electron chi connectivity index (χ1n) is 5.54. The van der Waals surface area contributed by atoms with Gasteiger partial charge in [-0.3, -0.25) is 4.98 Å². The second-order valence-corrected chi connectivity index (χ2v) is 4.03. The molecule has 2 N–H and O–H groups in total. The van der Waals surface area contributed by atoms with Gasteiger partial charge in [-0.25, -0.2) is 5.01 Å². The quantitative estimate of drug-likeness (QED) is 0.507. The van der Waals surface area contributed by atoms with E-state index < -0.39 is 0 Å². The van der Waals surface area contributed by atoms with Crippen LogP contribution in [0, 0.1) is 0 Å². The molecule has 0 aliphatic carbocycles. The fraction of sp³-hybridized carbons (Fsp3) is 0.0833. The van der Waals surface area contributed by atoms with Crippen molar-refractivity contribution in [1.29, 1.82) is 0 Å². The molecule has 0 radical (unpaired) electrons. The van der Waals surface area contributed by atoms with Crippen LogP contribution in [0.3, 0.4) is 0 Å². The van der Waals surface area contributed by atoms with Gasteiger partial charge in [0.2, 0.25) is 0 Å². The zero-order valence-electron chi connectivity index (χ0n) is 10.0. The van der Waals surface area contributed by atoms with E-state index in [1.165, 1.54) is 5.01 Å². The molecule has 0 atom stereocenters. The lowest BCUT2D eigenvalue weighted by molar-refractivity contribution is 0.438. The summed E-state index contributed by atoms with van der Waals surface area (Å²) in [4.78, 5) is 4.20. The molecule has 0 fully saturated rings. The highest BCUT2D eigenvalue weighted by molar-refractivity contribution is 7.80. The number of hydrogen-bond acceptors (Lipinski definition) is 5. The Labute approximate surface area is 116 Å². The van der Waals surface area contributed by atoms with Crippen LogP contribution >= 0.6 is 12.2 Å². The maximum absolute atomic E-state index is 5.63. The van der Waals surface area contributed by atoms with Crippen LogP contribution in [0.4, 0.5) is 0 Å².